The van der Waals surface area contributed by atoms with E-state index in [4.69, 9.17) is 5.11 Å². The Morgan fingerprint density at radius 3 is 2.68 bits per heavy atom. The lowest BCUT2D eigenvalue weighted by Gasteiger charge is -2.07. The van der Waals surface area contributed by atoms with Crippen LogP contribution in [0.25, 0.3) is 10.9 Å². The van der Waals surface area contributed by atoms with Gasteiger partial charge in [0.05, 0.1) is 0 Å². The van der Waals surface area contributed by atoms with Crippen molar-refractivity contribution in [3.05, 3.63) is 45.2 Å². The molecule has 1 heterocycles. The maximum atomic E-state index is 11.9. The lowest BCUT2D eigenvalue weighted by atomic mass is 10.1. The van der Waals surface area contributed by atoms with Crippen molar-refractivity contribution < 1.29 is 5.11 Å². The molecule has 0 aliphatic heterocycles. The molecule has 0 atom stereocenters. The van der Waals surface area contributed by atoms with Gasteiger partial charge in [-0.1, -0.05) is 0 Å². The predicted molar refractivity (Wildman–Crippen MR) is 77.5 cm³/mol. The van der Waals surface area contributed by atoms with E-state index in [0.717, 1.165) is 16.5 Å². The standard InChI is InChI=1S/C15H20N2O2/c1-10-6-12-8-13(9-16-4-3-5-18)15(19)17-14(12)7-11(10)2/h6-8,16,18H,3-5,9H2,1-2H3,(H,17,19). The molecule has 0 unspecified atom stereocenters. The summed E-state index contributed by atoms with van der Waals surface area (Å²) in [6.45, 7) is 5.51. The lowest BCUT2D eigenvalue weighted by Crippen LogP contribution is -2.22. The van der Waals surface area contributed by atoms with E-state index in [1.165, 1.54) is 11.1 Å². The normalized spacial score (nSPS) is 11.1. The number of aryl methyl sites for hydroxylation is 2. The minimum absolute atomic E-state index is 0.0488. The topological polar surface area (TPSA) is 65.1 Å². The van der Waals surface area contributed by atoms with Gasteiger partial charge in [0.2, 0.25) is 0 Å². The fourth-order valence-electron chi connectivity index (χ4n) is 2.08. The van der Waals surface area contributed by atoms with Crippen molar-refractivity contribution in [2.24, 2.45) is 0 Å². The summed E-state index contributed by atoms with van der Waals surface area (Å²) in [6.07, 6.45) is 0.698. The van der Waals surface area contributed by atoms with Crippen molar-refractivity contribution in [2.75, 3.05) is 13.2 Å². The molecule has 0 fully saturated rings. The molecule has 0 aliphatic rings. The molecule has 0 bridgehead atoms. The van der Waals surface area contributed by atoms with Crippen molar-refractivity contribution in [1.29, 1.82) is 0 Å². The molecule has 0 amide bonds. The van der Waals surface area contributed by atoms with Crippen LogP contribution in [-0.2, 0) is 6.54 Å². The highest BCUT2D eigenvalue weighted by Gasteiger charge is 2.04. The van der Waals surface area contributed by atoms with E-state index in [1.54, 1.807) is 0 Å². The molecule has 0 saturated heterocycles. The fraction of sp³-hybridized carbons (Fsp3) is 0.400. The third kappa shape index (κ3) is 3.22. The Bertz CT molecular complexity index is 632. The van der Waals surface area contributed by atoms with Gasteiger partial charge in [0, 0.05) is 24.2 Å². The molecule has 1 aromatic heterocycles. The van der Waals surface area contributed by atoms with E-state index in [2.05, 4.69) is 23.3 Å². The van der Waals surface area contributed by atoms with Gasteiger partial charge in [0.25, 0.3) is 5.56 Å². The molecule has 0 saturated carbocycles. The second-order valence-corrected chi connectivity index (χ2v) is 4.90. The van der Waals surface area contributed by atoms with Crippen LogP contribution in [0.2, 0.25) is 0 Å². The van der Waals surface area contributed by atoms with Gasteiger partial charge in [-0.2, -0.15) is 0 Å². The number of fused-ring (bicyclic) bond motifs is 1. The van der Waals surface area contributed by atoms with E-state index < -0.39 is 0 Å². The number of hydrogen-bond donors (Lipinski definition) is 3. The number of nitrogens with one attached hydrogen (secondary N) is 2. The molecule has 0 radical (unpaired) electrons. The molecule has 0 aliphatic carbocycles. The summed E-state index contributed by atoms with van der Waals surface area (Å²) in [4.78, 5) is 14.9. The number of H-pyrrole nitrogens is 1. The van der Waals surface area contributed by atoms with Gasteiger partial charge in [-0.05, 0) is 61.5 Å². The Morgan fingerprint density at radius 2 is 1.95 bits per heavy atom. The number of aromatic nitrogens is 1. The SMILES string of the molecule is Cc1cc2cc(CNCCCO)c(=O)[nH]c2cc1C. The Hall–Kier alpha value is -1.65. The highest BCUT2D eigenvalue weighted by molar-refractivity contribution is 5.80. The first-order valence-corrected chi connectivity index (χ1v) is 6.56. The third-order valence-corrected chi connectivity index (χ3v) is 3.36. The van der Waals surface area contributed by atoms with Crippen molar-refractivity contribution in [1.82, 2.24) is 10.3 Å². The van der Waals surface area contributed by atoms with Crippen molar-refractivity contribution in [2.45, 2.75) is 26.8 Å². The molecule has 102 valence electrons. The van der Waals surface area contributed by atoms with Crippen LogP contribution in [-0.4, -0.2) is 23.2 Å². The summed E-state index contributed by atoms with van der Waals surface area (Å²) in [7, 11) is 0. The van der Waals surface area contributed by atoms with Crippen LogP contribution in [0.15, 0.2) is 23.0 Å². The second kappa shape index (κ2) is 5.99. The Kier molecular flexibility index (Phi) is 4.35. The summed E-state index contributed by atoms with van der Waals surface area (Å²) in [5.74, 6) is 0. The van der Waals surface area contributed by atoms with Gasteiger partial charge >= 0.3 is 0 Å². The number of aliphatic hydroxyl groups is 1. The maximum absolute atomic E-state index is 11.9. The Morgan fingerprint density at radius 1 is 1.21 bits per heavy atom. The largest absolute Gasteiger partial charge is 0.396 e. The van der Waals surface area contributed by atoms with Crippen LogP contribution < -0.4 is 10.9 Å². The van der Waals surface area contributed by atoms with E-state index in [9.17, 15) is 4.79 Å². The smallest absolute Gasteiger partial charge is 0.252 e. The van der Waals surface area contributed by atoms with E-state index in [1.807, 2.05) is 19.1 Å². The van der Waals surface area contributed by atoms with Crippen molar-refractivity contribution in [3.8, 4) is 0 Å². The summed E-state index contributed by atoms with van der Waals surface area (Å²) in [5, 5.41) is 12.9. The van der Waals surface area contributed by atoms with Gasteiger partial charge in [-0.25, -0.2) is 0 Å². The summed E-state index contributed by atoms with van der Waals surface area (Å²) < 4.78 is 0. The molecule has 19 heavy (non-hydrogen) atoms. The number of aliphatic hydroxyl groups excluding tert-OH is 1. The molecule has 0 spiro atoms. The molecule has 4 heteroatoms. The zero-order chi connectivity index (χ0) is 13.8. The summed E-state index contributed by atoms with van der Waals surface area (Å²) in [6, 6.07) is 6.04. The number of hydrogen-bond acceptors (Lipinski definition) is 3. The van der Waals surface area contributed by atoms with Crippen LogP contribution in [0, 0.1) is 13.8 Å². The highest BCUT2D eigenvalue weighted by Crippen LogP contribution is 2.17. The number of aromatic amines is 1. The molecular formula is C15H20N2O2. The molecular weight excluding hydrogens is 240 g/mol. The van der Waals surface area contributed by atoms with Crippen LogP contribution in [0.5, 0.6) is 0 Å². The van der Waals surface area contributed by atoms with Gasteiger partial charge in [0.15, 0.2) is 0 Å². The maximum Gasteiger partial charge on any atom is 0.252 e. The first-order valence-electron chi connectivity index (χ1n) is 6.56. The summed E-state index contributed by atoms with van der Waals surface area (Å²) >= 11 is 0. The molecule has 3 N–H and O–H groups in total. The van der Waals surface area contributed by atoms with Gasteiger partial charge in [-0.15, -0.1) is 0 Å². The molecule has 1 aromatic carbocycles. The molecule has 4 nitrogen and oxygen atoms in total. The van der Waals surface area contributed by atoms with Crippen LogP contribution in [0.1, 0.15) is 23.1 Å². The van der Waals surface area contributed by atoms with E-state index >= 15 is 0 Å². The van der Waals surface area contributed by atoms with Crippen LogP contribution in [0.3, 0.4) is 0 Å². The first-order chi connectivity index (χ1) is 9.11. The van der Waals surface area contributed by atoms with Gasteiger partial charge < -0.3 is 15.4 Å². The zero-order valence-electron chi connectivity index (χ0n) is 11.4. The second-order valence-electron chi connectivity index (χ2n) is 4.90. The fourth-order valence-corrected chi connectivity index (χ4v) is 2.08. The zero-order valence-corrected chi connectivity index (χ0v) is 11.4. The third-order valence-electron chi connectivity index (χ3n) is 3.36. The quantitative estimate of drug-likeness (QED) is 0.716. The number of pyridine rings is 1. The Labute approximate surface area is 112 Å². The van der Waals surface area contributed by atoms with Gasteiger partial charge in [-0.3, -0.25) is 4.79 Å². The summed E-state index contributed by atoms with van der Waals surface area (Å²) in [5.41, 5.74) is 3.96. The van der Waals surface area contributed by atoms with E-state index in [0.29, 0.717) is 19.5 Å². The molecule has 2 rings (SSSR count). The average molecular weight is 260 g/mol. The Balaban J connectivity index is 2.28. The lowest BCUT2D eigenvalue weighted by molar-refractivity contribution is 0.286. The average Bonchev–Trinajstić information content (AvgIpc) is 2.37. The van der Waals surface area contributed by atoms with Gasteiger partial charge in [0.1, 0.15) is 0 Å². The van der Waals surface area contributed by atoms with Crippen molar-refractivity contribution in [3.63, 3.8) is 0 Å². The van der Waals surface area contributed by atoms with Crippen LogP contribution >= 0.6 is 0 Å². The number of rotatable bonds is 5. The molecule has 2 aromatic rings. The van der Waals surface area contributed by atoms with Crippen LogP contribution in [0.4, 0.5) is 0 Å². The monoisotopic (exact) mass is 260 g/mol. The van der Waals surface area contributed by atoms with E-state index in [-0.39, 0.29) is 12.2 Å². The van der Waals surface area contributed by atoms with Crippen molar-refractivity contribution >= 4 is 10.9 Å². The minimum atomic E-state index is -0.0488. The highest BCUT2D eigenvalue weighted by atomic mass is 16.3. The predicted octanol–water partition coefficient (Wildman–Crippen LogP) is 1.62. The first kappa shape index (κ1) is 13.8. The number of benzene rings is 1. The minimum Gasteiger partial charge on any atom is -0.396 e.